The fourth-order valence-corrected chi connectivity index (χ4v) is 4.77. The smallest absolute Gasteiger partial charge is 0.125 e. The Balaban J connectivity index is 1.42. The molecule has 0 aliphatic carbocycles. The first-order valence-corrected chi connectivity index (χ1v) is 9.87. The van der Waals surface area contributed by atoms with E-state index in [-0.39, 0.29) is 0 Å². The zero-order chi connectivity index (χ0) is 18.1. The van der Waals surface area contributed by atoms with Gasteiger partial charge < -0.3 is 0 Å². The number of nitrogens with zero attached hydrogens (tertiary/aromatic N) is 6. The second kappa shape index (κ2) is 7.25. The predicted octanol–water partition coefficient (Wildman–Crippen LogP) is 3.33. The molecule has 0 saturated carbocycles. The molecule has 3 aromatic heterocycles. The van der Waals surface area contributed by atoms with Crippen LogP contribution in [-0.4, -0.2) is 42.7 Å². The quantitative estimate of drug-likeness (QED) is 0.707. The zero-order valence-corrected chi connectivity index (χ0v) is 16.3. The van der Waals surface area contributed by atoms with Crippen LogP contribution in [0.25, 0.3) is 10.6 Å². The second-order valence-corrected chi connectivity index (χ2v) is 8.06. The van der Waals surface area contributed by atoms with Gasteiger partial charge in [-0.15, -0.1) is 11.3 Å². The lowest BCUT2D eigenvalue weighted by molar-refractivity contribution is 0.204. The number of hydrogen-bond acceptors (Lipinski definition) is 6. The van der Waals surface area contributed by atoms with Crippen molar-refractivity contribution < 1.29 is 0 Å². The summed E-state index contributed by atoms with van der Waals surface area (Å²) in [7, 11) is 1.97. The van der Waals surface area contributed by atoms with Crippen molar-refractivity contribution in [1.29, 1.82) is 0 Å². The van der Waals surface area contributed by atoms with E-state index < -0.39 is 0 Å². The van der Waals surface area contributed by atoms with Crippen molar-refractivity contribution in [3.8, 4) is 10.6 Å². The van der Waals surface area contributed by atoms with Crippen molar-refractivity contribution in [3.63, 3.8) is 0 Å². The number of hydrogen-bond donors (Lipinski definition) is 0. The minimum absolute atomic E-state index is 0.556. The number of aryl methyl sites for hydroxylation is 3. The Kier molecular flexibility index (Phi) is 4.82. The van der Waals surface area contributed by atoms with Gasteiger partial charge in [-0.1, -0.05) is 0 Å². The highest BCUT2D eigenvalue weighted by Gasteiger charge is 2.24. The third-order valence-corrected chi connectivity index (χ3v) is 6.27. The summed E-state index contributed by atoms with van der Waals surface area (Å²) in [5, 5.41) is 5.52. The molecule has 1 aliphatic heterocycles. The zero-order valence-electron chi connectivity index (χ0n) is 15.5. The van der Waals surface area contributed by atoms with E-state index in [0.717, 1.165) is 49.7 Å². The van der Waals surface area contributed by atoms with Gasteiger partial charge in [-0.2, -0.15) is 5.10 Å². The monoisotopic (exact) mass is 368 g/mol. The van der Waals surface area contributed by atoms with Crippen LogP contribution < -0.4 is 0 Å². The number of rotatable bonds is 4. The van der Waals surface area contributed by atoms with E-state index >= 15 is 0 Å². The molecule has 4 rings (SSSR count). The van der Waals surface area contributed by atoms with E-state index in [1.807, 2.05) is 37.1 Å². The predicted molar refractivity (Wildman–Crippen MR) is 103 cm³/mol. The van der Waals surface area contributed by atoms with E-state index in [4.69, 9.17) is 4.98 Å². The van der Waals surface area contributed by atoms with Crippen LogP contribution in [0.15, 0.2) is 24.7 Å². The van der Waals surface area contributed by atoms with Crippen molar-refractivity contribution in [2.75, 3.05) is 13.1 Å². The Labute approximate surface area is 157 Å². The molecule has 0 spiro atoms. The summed E-state index contributed by atoms with van der Waals surface area (Å²) in [5.74, 6) is 1.36. The van der Waals surface area contributed by atoms with Crippen LogP contribution in [0.1, 0.15) is 40.8 Å². The summed E-state index contributed by atoms with van der Waals surface area (Å²) in [6.45, 7) is 7.23. The molecule has 1 aliphatic rings. The molecule has 26 heavy (non-hydrogen) atoms. The van der Waals surface area contributed by atoms with Crippen LogP contribution >= 0.6 is 11.3 Å². The van der Waals surface area contributed by atoms with Crippen LogP contribution in [0, 0.1) is 13.8 Å². The number of piperidine rings is 1. The van der Waals surface area contributed by atoms with E-state index in [2.05, 4.69) is 33.1 Å². The van der Waals surface area contributed by atoms with Gasteiger partial charge in [-0.05, 0) is 45.8 Å². The molecule has 1 fully saturated rings. The van der Waals surface area contributed by atoms with Gasteiger partial charge in [0.25, 0.3) is 0 Å². The van der Waals surface area contributed by atoms with Gasteiger partial charge in [0.15, 0.2) is 0 Å². The van der Waals surface area contributed by atoms with Crippen molar-refractivity contribution in [2.45, 2.75) is 39.2 Å². The normalized spacial score (nSPS) is 16.3. The van der Waals surface area contributed by atoms with Gasteiger partial charge in [-0.25, -0.2) is 15.0 Å². The van der Waals surface area contributed by atoms with E-state index in [1.54, 1.807) is 11.3 Å². The SMILES string of the molecule is Cc1nccc(-c2sc(C3CCN(Cc4cnn(C)c4)CC3)nc2C)n1. The van der Waals surface area contributed by atoms with Crippen molar-refractivity contribution >= 4 is 11.3 Å². The second-order valence-electron chi connectivity index (χ2n) is 7.03. The minimum atomic E-state index is 0.556. The van der Waals surface area contributed by atoms with Crippen molar-refractivity contribution in [1.82, 2.24) is 29.6 Å². The maximum atomic E-state index is 4.88. The summed E-state index contributed by atoms with van der Waals surface area (Å²) in [6, 6.07) is 1.98. The summed E-state index contributed by atoms with van der Waals surface area (Å²) in [6.07, 6.45) is 8.22. The lowest BCUT2D eigenvalue weighted by Crippen LogP contribution is -2.32. The molecule has 0 amide bonds. The van der Waals surface area contributed by atoms with Crippen LogP contribution in [0.3, 0.4) is 0 Å². The summed E-state index contributed by atoms with van der Waals surface area (Å²) < 4.78 is 1.87. The Bertz CT molecular complexity index is 891. The van der Waals surface area contributed by atoms with Crippen LogP contribution in [0.5, 0.6) is 0 Å². The summed E-state index contributed by atoms with van der Waals surface area (Å²) in [4.78, 5) is 17.3. The highest BCUT2D eigenvalue weighted by atomic mass is 32.1. The van der Waals surface area contributed by atoms with Crippen LogP contribution in [-0.2, 0) is 13.6 Å². The molecule has 4 heterocycles. The molecule has 136 valence electrons. The fraction of sp³-hybridized carbons (Fsp3) is 0.474. The molecular formula is C19H24N6S. The van der Waals surface area contributed by atoms with E-state index in [0.29, 0.717) is 5.92 Å². The highest BCUT2D eigenvalue weighted by Crippen LogP contribution is 2.36. The minimum Gasteiger partial charge on any atom is -0.299 e. The summed E-state index contributed by atoms with van der Waals surface area (Å²) >= 11 is 1.80. The Morgan fingerprint density at radius 2 is 2.00 bits per heavy atom. The average Bonchev–Trinajstić information content (AvgIpc) is 3.21. The van der Waals surface area contributed by atoms with Gasteiger partial charge in [0.1, 0.15) is 5.82 Å². The first-order valence-electron chi connectivity index (χ1n) is 9.05. The van der Waals surface area contributed by atoms with Crippen LogP contribution in [0.2, 0.25) is 0 Å². The van der Waals surface area contributed by atoms with Gasteiger partial charge >= 0.3 is 0 Å². The molecule has 0 bridgehead atoms. The third-order valence-electron chi connectivity index (χ3n) is 4.92. The number of likely N-dealkylation sites (tertiary alicyclic amines) is 1. The van der Waals surface area contributed by atoms with E-state index in [1.165, 1.54) is 15.4 Å². The molecular weight excluding hydrogens is 344 g/mol. The lowest BCUT2D eigenvalue weighted by Gasteiger charge is -2.30. The Morgan fingerprint density at radius 1 is 1.19 bits per heavy atom. The molecule has 0 atom stereocenters. The first kappa shape index (κ1) is 17.3. The standard InChI is InChI=1S/C19H24N6S/c1-13-18(17-4-7-20-14(2)23-17)26-19(22-13)16-5-8-25(9-6-16)12-15-10-21-24(3)11-15/h4,7,10-11,16H,5-6,8-9,12H2,1-3H3. The molecule has 1 saturated heterocycles. The maximum Gasteiger partial charge on any atom is 0.125 e. The van der Waals surface area contributed by atoms with Gasteiger partial charge in [0, 0.05) is 37.5 Å². The molecule has 6 nitrogen and oxygen atoms in total. The first-order chi connectivity index (χ1) is 12.6. The van der Waals surface area contributed by atoms with Gasteiger partial charge in [-0.3, -0.25) is 9.58 Å². The van der Waals surface area contributed by atoms with Gasteiger partial charge in [0.2, 0.25) is 0 Å². The Hall–Kier alpha value is -2.12. The van der Waals surface area contributed by atoms with Gasteiger partial charge in [0.05, 0.1) is 27.5 Å². The molecule has 0 unspecified atom stereocenters. The Morgan fingerprint density at radius 3 is 2.69 bits per heavy atom. The van der Waals surface area contributed by atoms with Crippen molar-refractivity contribution in [3.05, 3.63) is 46.7 Å². The molecule has 0 aromatic carbocycles. The highest BCUT2D eigenvalue weighted by molar-refractivity contribution is 7.15. The van der Waals surface area contributed by atoms with Crippen molar-refractivity contribution in [2.24, 2.45) is 7.05 Å². The van der Waals surface area contributed by atoms with Crippen LogP contribution in [0.4, 0.5) is 0 Å². The molecule has 0 N–H and O–H groups in total. The molecule has 7 heteroatoms. The average molecular weight is 369 g/mol. The molecule has 0 radical (unpaired) electrons. The topological polar surface area (TPSA) is 59.7 Å². The lowest BCUT2D eigenvalue weighted by atomic mass is 9.97. The maximum absolute atomic E-state index is 4.88. The molecule has 3 aromatic rings. The number of thiazole rings is 1. The fourth-order valence-electron chi connectivity index (χ4n) is 3.56. The largest absolute Gasteiger partial charge is 0.299 e. The number of aromatic nitrogens is 5. The summed E-state index contributed by atoms with van der Waals surface area (Å²) in [5.41, 5.74) is 3.37. The van der Waals surface area contributed by atoms with E-state index in [9.17, 15) is 0 Å². The third kappa shape index (κ3) is 3.68.